The summed E-state index contributed by atoms with van der Waals surface area (Å²) in [6.45, 7) is 10.2. The van der Waals surface area contributed by atoms with Crippen LogP contribution in [-0.4, -0.2) is 46.6 Å². The van der Waals surface area contributed by atoms with Crippen LogP contribution in [0.25, 0.3) is 10.9 Å². The first-order valence-corrected chi connectivity index (χ1v) is 10.5. The molecule has 1 aliphatic rings. The molecule has 1 N–H and O–H groups in total. The number of H-pyrrole nitrogens is 1. The Kier molecular flexibility index (Phi) is 6.22. The number of allylic oxidation sites excluding steroid dienone is 1. The number of fused-ring (bicyclic) bond motifs is 1. The highest BCUT2D eigenvalue weighted by atomic mass is 79.9. The van der Waals surface area contributed by atoms with E-state index in [2.05, 4.69) is 27.5 Å². The number of amides is 1. The number of halogens is 1. The van der Waals surface area contributed by atoms with Crippen molar-refractivity contribution < 1.29 is 19.1 Å². The number of carbonyl (C=O) groups is 2. The standard InChI is InChI=1S/C22H24BrN3O4/c1-13(12-24)20(27)18-9-14-10-19(16(23)11-17(14)25-18)29-15-5-7-26(8-6-15)21(28)30-22(2,3)4/h9-11,15,25H,1,5-8H2,2-4H3. The van der Waals surface area contributed by atoms with E-state index in [1.807, 2.05) is 32.9 Å². The van der Waals surface area contributed by atoms with Crippen LogP contribution >= 0.6 is 15.9 Å². The van der Waals surface area contributed by atoms with Gasteiger partial charge in [-0.2, -0.15) is 5.26 Å². The number of likely N-dealkylation sites (tertiary alicyclic amines) is 1. The fraction of sp³-hybridized carbons (Fsp3) is 0.409. The number of nitrogens with zero attached hydrogens (tertiary/aromatic N) is 2. The third-order valence-corrected chi connectivity index (χ3v) is 5.33. The summed E-state index contributed by atoms with van der Waals surface area (Å²) in [5.41, 5.74) is 0.435. The molecule has 1 fully saturated rings. The van der Waals surface area contributed by atoms with Gasteiger partial charge in [0.05, 0.1) is 15.7 Å². The van der Waals surface area contributed by atoms with E-state index in [1.165, 1.54) is 0 Å². The SMILES string of the molecule is C=C(C#N)C(=O)c1cc2cc(OC3CCN(C(=O)OC(C)(C)C)CC3)c(Br)cc2[nH]1. The van der Waals surface area contributed by atoms with Gasteiger partial charge in [0.15, 0.2) is 0 Å². The summed E-state index contributed by atoms with van der Waals surface area (Å²) in [7, 11) is 0. The maximum Gasteiger partial charge on any atom is 0.410 e. The molecule has 1 saturated heterocycles. The Balaban J connectivity index is 1.67. The number of benzene rings is 1. The Morgan fingerprint density at radius 1 is 1.27 bits per heavy atom. The van der Waals surface area contributed by atoms with Gasteiger partial charge in [-0.15, -0.1) is 0 Å². The molecule has 0 bridgehead atoms. The molecule has 158 valence electrons. The minimum absolute atomic E-state index is 0.0316. The lowest BCUT2D eigenvalue weighted by molar-refractivity contribution is 0.0126. The van der Waals surface area contributed by atoms with Crippen molar-refractivity contribution in [3.05, 3.63) is 40.5 Å². The van der Waals surface area contributed by atoms with Crippen molar-refractivity contribution in [1.82, 2.24) is 9.88 Å². The first-order valence-electron chi connectivity index (χ1n) is 9.68. The second-order valence-corrected chi connectivity index (χ2v) is 9.11. The molecule has 1 amide bonds. The molecule has 1 aromatic carbocycles. The fourth-order valence-electron chi connectivity index (χ4n) is 3.22. The van der Waals surface area contributed by atoms with Crippen LogP contribution in [0.15, 0.2) is 34.8 Å². The van der Waals surface area contributed by atoms with Crippen molar-refractivity contribution in [2.45, 2.75) is 45.3 Å². The number of carbonyl (C=O) groups excluding carboxylic acids is 2. The number of rotatable bonds is 4. The van der Waals surface area contributed by atoms with Crippen LogP contribution < -0.4 is 4.74 Å². The summed E-state index contributed by atoms with van der Waals surface area (Å²) in [4.78, 5) is 29.1. The maximum atomic E-state index is 12.2. The summed E-state index contributed by atoms with van der Waals surface area (Å²) >= 11 is 3.52. The van der Waals surface area contributed by atoms with Crippen molar-refractivity contribution in [2.75, 3.05) is 13.1 Å². The summed E-state index contributed by atoms with van der Waals surface area (Å²) in [5.74, 6) is 0.233. The molecule has 8 heteroatoms. The lowest BCUT2D eigenvalue weighted by Crippen LogP contribution is -2.44. The van der Waals surface area contributed by atoms with Gasteiger partial charge < -0.3 is 19.4 Å². The molecule has 0 spiro atoms. The molecular weight excluding hydrogens is 450 g/mol. The zero-order valence-corrected chi connectivity index (χ0v) is 18.8. The number of ketones is 1. The molecule has 2 heterocycles. The van der Waals surface area contributed by atoms with Crippen molar-refractivity contribution in [2.24, 2.45) is 0 Å². The number of Topliss-reactive ketones (excluding diaryl/α,β-unsaturated/α-hetero) is 1. The minimum atomic E-state index is -0.513. The van der Waals surface area contributed by atoms with Gasteiger partial charge in [-0.25, -0.2) is 4.79 Å². The number of hydrogen-bond donors (Lipinski definition) is 1. The van der Waals surface area contributed by atoms with Crippen LogP contribution in [0.3, 0.4) is 0 Å². The quantitative estimate of drug-likeness (QED) is 0.384. The smallest absolute Gasteiger partial charge is 0.410 e. The van der Waals surface area contributed by atoms with Gasteiger partial charge in [-0.3, -0.25) is 4.79 Å². The highest BCUT2D eigenvalue weighted by Gasteiger charge is 2.28. The molecule has 30 heavy (non-hydrogen) atoms. The van der Waals surface area contributed by atoms with E-state index in [-0.39, 0.29) is 17.8 Å². The minimum Gasteiger partial charge on any atom is -0.489 e. The molecule has 0 radical (unpaired) electrons. The molecule has 0 unspecified atom stereocenters. The van der Waals surface area contributed by atoms with Gasteiger partial charge in [-0.1, -0.05) is 6.58 Å². The highest BCUT2D eigenvalue weighted by molar-refractivity contribution is 9.10. The van der Waals surface area contributed by atoms with E-state index in [0.717, 1.165) is 15.4 Å². The Hall–Kier alpha value is -2.79. The van der Waals surface area contributed by atoms with E-state index in [9.17, 15) is 9.59 Å². The van der Waals surface area contributed by atoms with Gasteiger partial charge in [-0.05, 0) is 54.9 Å². The first-order chi connectivity index (χ1) is 14.1. The number of piperidine rings is 1. The topological polar surface area (TPSA) is 95.4 Å². The Morgan fingerprint density at radius 2 is 1.93 bits per heavy atom. The summed E-state index contributed by atoms with van der Waals surface area (Å²) < 4.78 is 12.3. The largest absolute Gasteiger partial charge is 0.489 e. The molecule has 2 aromatic rings. The number of aromatic amines is 1. The van der Waals surface area contributed by atoms with Crippen molar-refractivity contribution in [1.29, 1.82) is 5.26 Å². The van der Waals surface area contributed by atoms with Crippen molar-refractivity contribution >= 4 is 38.7 Å². The fourth-order valence-corrected chi connectivity index (χ4v) is 3.66. The van der Waals surface area contributed by atoms with E-state index in [1.54, 1.807) is 17.0 Å². The van der Waals surface area contributed by atoms with E-state index in [4.69, 9.17) is 14.7 Å². The van der Waals surface area contributed by atoms with Gasteiger partial charge in [0.2, 0.25) is 5.78 Å². The second-order valence-electron chi connectivity index (χ2n) is 8.26. The van der Waals surface area contributed by atoms with Crippen LogP contribution in [0.1, 0.15) is 44.1 Å². The zero-order chi connectivity index (χ0) is 22.1. The van der Waals surface area contributed by atoms with Crippen LogP contribution in [0, 0.1) is 11.3 Å². The van der Waals surface area contributed by atoms with Crippen LogP contribution in [0.2, 0.25) is 0 Å². The van der Waals surface area contributed by atoms with Crippen LogP contribution in [0.4, 0.5) is 4.79 Å². The molecule has 3 rings (SSSR count). The number of nitrogens with one attached hydrogen (secondary N) is 1. The third kappa shape index (κ3) is 5.03. The lowest BCUT2D eigenvalue weighted by Gasteiger charge is -2.33. The number of aromatic nitrogens is 1. The summed E-state index contributed by atoms with van der Waals surface area (Å²) in [6.07, 6.45) is 1.06. The molecule has 0 aliphatic carbocycles. The predicted octanol–water partition coefficient (Wildman–Crippen LogP) is 4.97. The third-order valence-electron chi connectivity index (χ3n) is 4.71. The molecule has 0 saturated carbocycles. The van der Waals surface area contributed by atoms with Gasteiger partial charge in [0.1, 0.15) is 23.5 Å². The molecule has 1 aliphatic heterocycles. The molecule has 1 aromatic heterocycles. The number of nitriles is 1. The van der Waals surface area contributed by atoms with E-state index < -0.39 is 11.4 Å². The second kappa shape index (κ2) is 8.52. The monoisotopic (exact) mass is 473 g/mol. The van der Waals surface area contributed by atoms with E-state index in [0.29, 0.717) is 37.4 Å². The van der Waals surface area contributed by atoms with Gasteiger partial charge in [0.25, 0.3) is 0 Å². The van der Waals surface area contributed by atoms with Gasteiger partial charge >= 0.3 is 6.09 Å². The Morgan fingerprint density at radius 3 is 2.53 bits per heavy atom. The molecule has 7 nitrogen and oxygen atoms in total. The summed E-state index contributed by atoms with van der Waals surface area (Å²) in [6, 6.07) is 7.15. The maximum absolute atomic E-state index is 12.2. The summed E-state index contributed by atoms with van der Waals surface area (Å²) in [5, 5.41) is 9.68. The molecule has 0 atom stereocenters. The van der Waals surface area contributed by atoms with Crippen LogP contribution in [-0.2, 0) is 4.74 Å². The average Bonchev–Trinajstić information content (AvgIpc) is 3.08. The number of hydrogen-bond acceptors (Lipinski definition) is 5. The number of ether oxygens (including phenoxy) is 2. The average molecular weight is 474 g/mol. The van der Waals surface area contributed by atoms with Crippen LogP contribution in [0.5, 0.6) is 5.75 Å². The first kappa shape index (κ1) is 21.9. The van der Waals surface area contributed by atoms with Crippen molar-refractivity contribution in [3.63, 3.8) is 0 Å². The van der Waals surface area contributed by atoms with Crippen molar-refractivity contribution in [3.8, 4) is 11.8 Å². The zero-order valence-electron chi connectivity index (χ0n) is 17.3. The van der Waals surface area contributed by atoms with Gasteiger partial charge in [0, 0.05) is 36.8 Å². The predicted molar refractivity (Wildman–Crippen MR) is 117 cm³/mol. The Labute approximate surface area is 183 Å². The van der Waals surface area contributed by atoms with E-state index >= 15 is 0 Å². The highest BCUT2D eigenvalue weighted by Crippen LogP contribution is 2.33. The Bertz CT molecular complexity index is 1040. The lowest BCUT2D eigenvalue weighted by atomic mass is 10.1. The molecular formula is C22H24BrN3O4. The normalized spacial score (nSPS) is 15.0.